The number of carbonyl (C=O) groups excluding carboxylic acids is 2. The summed E-state index contributed by atoms with van der Waals surface area (Å²) >= 11 is 6.40. The number of fused-ring (bicyclic) bond motifs is 3. The van der Waals surface area contributed by atoms with Gasteiger partial charge < -0.3 is 19.7 Å². The molecule has 5 rings (SSSR count). The number of hydrogen-bond donors (Lipinski definition) is 2. The van der Waals surface area contributed by atoms with Crippen molar-refractivity contribution in [3.63, 3.8) is 0 Å². The second-order valence-corrected chi connectivity index (χ2v) is 15.4. The molecule has 10 heteroatoms. The molecule has 2 aromatic carbocycles. The number of unbranched alkanes of at least 4 members (excludes halogenated alkanes) is 2. The largest absolute Gasteiger partial charge is 0.490 e. The third kappa shape index (κ3) is 9.26. The van der Waals surface area contributed by atoms with Gasteiger partial charge in [-0.3, -0.25) is 14.3 Å². The van der Waals surface area contributed by atoms with E-state index in [1.165, 1.54) is 49.7 Å². The van der Waals surface area contributed by atoms with E-state index in [0.717, 1.165) is 54.7 Å². The number of rotatable bonds is 13. The van der Waals surface area contributed by atoms with E-state index in [1.54, 1.807) is 13.2 Å². The molecule has 2 amide bonds. The summed E-state index contributed by atoms with van der Waals surface area (Å²) in [5, 5.41) is 3.09. The van der Waals surface area contributed by atoms with E-state index in [1.807, 2.05) is 32.0 Å². The minimum absolute atomic E-state index is 0.125. The standard InChI is InChI=1S/C32H43ClN2O3S.C4H9NO2/c1-4-5-6-8-23-10-11-26(23)19-35-20-32(16-7-9-24-17-27(33)13-14-28(24)32)21-38-30-15-12-25(18-29(30)35)31(36)34-39(37)22(2)3;1-7-3-2-5-4-6/h12-15,17-18,22-23,26H,4-11,16,19-21H2,1-3H3,(H,34,36);4H,2-3H2,1H3,(H,5,6). The Morgan fingerprint density at radius 3 is 2.70 bits per heavy atom. The van der Waals surface area contributed by atoms with Crippen molar-refractivity contribution in [1.82, 2.24) is 10.0 Å². The van der Waals surface area contributed by atoms with Gasteiger partial charge in [0.05, 0.1) is 18.9 Å². The maximum atomic E-state index is 13.0. The lowest BCUT2D eigenvalue weighted by molar-refractivity contribution is -0.109. The topological polar surface area (TPSA) is 97.0 Å². The first-order valence-electron chi connectivity index (χ1n) is 16.9. The molecule has 2 aliphatic carbocycles. The van der Waals surface area contributed by atoms with Gasteiger partial charge in [0.2, 0.25) is 6.41 Å². The Kier molecular flexibility index (Phi) is 13.8. The van der Waals surface area contributed by atoms with E-state index >= 15 is 0 Å². The molecule has 1 fully saturated rings. The van der Waals surface area contributed by atoms with Gasteiger partial charge in [-0.1, -0.05) is 50.3 Å². The predicted molar refractivity (Wildman–Crippen MR) is 187 cm³/mol. The van der Waals surface area contributed by atoms with Crippen LogP contribution < -0.4 is 19.7 Å². The van der Waals surface area contributed by atoms with Crippen LogP contribution in [0.15, 0.2) is 36.4 Å². The van der Waals surface area contributed by atoms with Crippen LogP contribution in [0.25, 0.3) is 0 Å². The number of nitrogens with one attached hydrogen (secondary N) is 2. The van der Waals surface area contributed by atoms with Crippen molar-refractivity contribution in [2.24, 2.45) is 11.8 Å². The normalized spacial score (nSPS) is 22.3. The third-order valence-electron chi connectivity index (χ3n) is 9.66. The SMILES string of the molecule is CCCCCC1CCC1CN1CC2(CCCc3cc(Cl)ccc32)COc2ccc(C(=O)NS(=O)C(C)C)cc21.COCCNC=O. The lowest BCUT2D eigenvalue weighted by Gasteiger charge is -2.44. The van der Waals surface area contributed by atoms with Crippen LogP contribution in [0.2, 0.25) is 5.02 Å². The average molecular weight is 674 g/mol. The molecule has 1 saturated carbocycles. The van der Waals surface area contributed by atoms with Gasteiger partial charge in [0.15, 0.2) is 0 Å². The minimum atomic E-state index is -1.42. The first-order valence-corrected chi connectivity index (χ1v) is 18.5. The number of amides is 2. The molecular formula is C36H52ClN3O5S. The maximum Gasteiger partial charge on any atom is 0.263 e. The number of anilines is 1. The molecule has 4 atom stereocenters. The van der Waals surface area contributed by atoms with Crippen molar-refractivity contribution in [2.75, 3.05) is 44.9 Å². The molecule has 254 valence electrons. The number of halogens is 1. The molecule has 46 heavy (non-hydrogen) atoms. The summed E-state index contributed by atoms with van der Waals surface area (Å²) < 4.78 is 26.2. The number of benzene rings is 2. The molecule has 2 aromatic rings. The second-order valence-electron chi connectivity index (χ2n) is 13.2. The number of carbonyl (C=O) groups is 2. The molecule has 3 aliphatic rings. The molecule has 0 radical (unpaired) electrons. The molecule has 4 unspecified atom stereocenters. The van der Waals surface area contributed by atoms with E-state index in [2.05, 4.69) is 38.7 Å². The second kappa shape index (κ2) is 17.5. The molecule has 2 N–H and O–H groups in total. The van der Waals surface area contributed by atoms with Gasteiger partial charge in [-0.05, 0) is 99.2 Å². The van der Waals surface area contributed by atoms with Crippen LogP contribution in [-0.4, -0.2) is 61.7 Å². The molecule has 0 bridgehead atoms. The van der Waals surface area contributed by atoms with E-state index in [4.69, 9.17) is 16.3 Å². The average Bonchev–Trinajstić information content (AvgIpc) is 3.18. The number of hydrogen-bond acceptors (Lipinski definition) is 6. The Hall–Kier alpha value is -2.62. The minimum Gasteiger partial charge on any atom is -0.490 e. The zero-order valence-corrected chi connectivity index (χ0v) is 29.5. The molecule has 8 nitrogen and oxygen atoms in total. The molecule has 0 saturated heterocycles. The summed E-state index contributed by atoms with van der Waals surface area (Å²) in [4.78, 5) is 25.1. The lowest BCUT2D eigenvalue weighted by Crippen LogP contribution is -2.48. The summed E-state index contributed by atoms with van der Waals surface area (Å²) in [6.45, 7) is 9.57. The Morgan fingerprint density at radius 2 is 2.00 bits per heavy atom. The Bertz CT molecular complexity index is 1340. The van der Waals surface area contributed by atoms with Gasteiger partial charge in [0, 0.05) is 48.0 Å². The molecule has 0 aromatic heterocycles. The fraction of sp³-hybridized carbons (Fsp3) is 0.611. The summed E-state index contributed by atoms with van der Waals surface area (Å²) in [5.41, 5.74) is 4.07. The summed E-state index contributed by atoms with van der Waals surface area (Å²) in [6.07, 6.45) is 11.6. The summed E-state index contributed by atoms with van der Waals surface area (Å²) in [6, 6.07) is 12.0. The highest BCUT2D eigenvalue weighted by Gasteiger charge is 2.43. The Labute approximate surface area is 282 Å². The van der Waals surface area contributed by atoms with Crippen LogP contribution in [0, 0.1) is 11.8 Å². The quantitative estimate of drug-likeness (QED) is 0.184. The fourth-order valence-electron chi connectivity index (χ4n) is 6.94. The van der Waals surface area contributed by atoms with Crippen molar-refractivity contribution in [2.45, 2.75) is 89.2 Å². The van der Waals surface area contributed by atoms with Crippen LogP contribution >= 0.6 is 11.6 Å². The maximum absolute atomic E-state index is 13.0. The third-order valence-corrected chi connectivity index (χ3v) is 11.1. The zero-order valence-electron chi connectivity index (χ0n) is 27.9. The van der Waals surface area contributed by atoms with Gasteiger partial charge >= 0.3 is 0 Å². The molecule has 1 heterocycles. The number of aryl methyl sites for hydroxylation is 1. The van der Waals surface area contributed by atoms with E-state index in [-0.39, 0.29) is 16.6 Å². The van der Waals surface area contributed by atoms with E-state index in [9.17, 15) is 13.8 Å². The highest BCUT2D eigenvalue weighted by atomic mass is 35.5. The van der Waals surface area contributed by atoms with Gasteiger partial charge in [0.25, 0.3) is 5.91 Å². The highest BCUT2D eigenvalue weighted by Crippen LogP contribution is 2.46. The Balaban J connectivity index is 0.000000617. The molecule has 1 aliphatic heterocycles. The van der Waals surface area contributed by atoms with Gasteiger partial charge in [-0.25, -0.2) is 4.21 Å². The monoisotopic (exact) mass is 673 g/mol. The van der Waals surface area contributed by atoms with Crippen LogP contribution in [-0.2, 0) is 32.4 Å². The van der Waals surface area contributed by atoms with Crippen LogP contribution in [0.3, 0.4) is 0 Å². The van der Waals surface area contributed by atoms with Crippen molar-refractivity contribution in [3.05, 3.63) is 58.1 Å². The van der Waals surface area contributed by atoms with Gasteiger partial charge in [0.1, 0.15) is 16.7 Å². The van der Waals surface area contributed by atoms with Crippen LogP contribution in [0.1, 0.15) is 93.6 Å². The number of nitrogens with zero attached hydrogens (tertiary/aromatic N) is 1. The summed E-state index contributed by atoms with van der Waals surface area (Å²) in [5.74, 6) is 1.96. The smallest absolute Gasteiger partial charge is 0.263 e. The first kappa shape index (κ1) is 36.2. The van der Waals surface area contributed by atoms with Crippen molar-refractivity contribution < 1.29 is 23.3 Å². The van der Waals surface area contributed by atoms with Crippen molar-refractivity contribution >= 4 is 40.6 Å². The van der Waals surface area contributed by atoms with Crippen LogP contribution in [0.4, 0.5) is 5.69 Å². The lowest BCUT2D eigenvalue weighted by atomic mass is 9.68. The van der Waals surface area contributed by atoms with Crippen molar-refractivity contribution in [3.8, 4) is 5.75 Å². The number of methoxy groups -OCH3 is 1. The number of ether oxygens (including phenoxy) is 2. The van der Waals surface area contributed by atoms with E-state index in [0.29, 0.717) is 37.6 Å². The zero-order chi connectivity index (χ0) is 33.1. The molecule has 1 spiro atoms. The highest BCUT2D eigenvalue weighted by molar-refractivity contribution is 7.84. The molecular weight excluding hydrogens is 622 g/mol. The fourth-order valence-corrected chi connectivity index (χ4v) is 7.67. The van der Waals surface area contributed by atoms with Crippen LogP contribution in [0.5, 0.6) is 5.75 Å². The van der Waals surface area contributed by atoms with E-state index < -0.39 is 11.0 Å². The first-order chi connectivity index (χ1) is 22.2. The summed E-state index contributed by atoms with van der Waals surface area (Å²) in [7, 11) is 0.172. The predicted octanol–water partition coefficient (Wildman–Crippen LogP) is 6.60. The Morgan fingerprint density at radius 1 is 1.20 bits per heavy atom. The van der Waals surface area contributed by atoms with Crippen molar-refractivity contribution in [1.29, 1.82) is 0 Å². The van der Waals surface area contributed by atoms with Gasteiger partial charge in [-0.2, -0.15) is 0 Å². The van der Waals surface area contributed by atoms with Gasteiger partial charge in [-0.15, -0.1) is 0 Å².